The van der Waals surface area contributed by atoms with E-state index in [1.807, 2.05) is 13.8 Å². The summed E-state index contributed by atoms with van der Waals surface area (Å²) < 4.78 is 12.3. The van der Waals surface area contributed by atoms with Gasteiger partial charge < -0.3 is 14.6 Å². The van der Waals surface area contributed by atoms with Gasteiger partial charge in [0.15, 0.2) is 11.9 Å². The van der Waals surface area contributed by atoms with Gasteiger partial charge in [-0.1, -0.05) is 6.92 Å². The Bertz CT molecular complexity index is 428. The molecule has 2 bridgehead atoms. The van der Waals surface area contributed by atoms with Crippen LogP contribution in [0.4, 0.5) is 0 Å². The van der Waals surface area contributed by atoms with Crippen molar-refractivity contribution in [3.05, 3.63) is 0 Å². The molecule has 0 amide bonds. The van der Waals surface area contributed by atoms with E-state index < -0.39 is 23.3 Å². The summed E-state index contributed by atoms with van der Waals surface area (Å²) in [6.07, 6.45) is 3.54. The molecule has 5 fully saturated rings. The van der Waals surface area contributed by atoms with Gasteiger partial charge in [-0.3, -0.25) is 0 Å². The minimum atomic E-state index is -0.724. The Morgan fingerprint density at radius 2 is 1.90 bits per heavy atom. The molecule has 5 heteroatoms. The van der Waals surface area contributed by atoms with Crippen LogP contribution in [0.1, 0.15) is 46.5 Å². The van der Waals surface area contributed by atoms with Gasteiger partial charge in [0.05, 0.1) is 12.2 Å². The normalized spacial score (nSPS) is 61.2. The highest BCUT2D eigenvalue weighted by Gasteiger charge is 2.73. The van der Waals surface area contributed by atoms with Crippen LogP contribution in [0.25, 0.3) is 0 Å². The van der Waals surface area contributed by atoms with E-state index in [0.29, 0.717) is 11.8 Å². The van der Waals surface area contributed by atoms with Gasteiger partial charge in [-0.2, -0.15) is 0 Å². The molecule has 0 aromatic carbocycles. The van der Waals surface area contributed by atoms with Crippen LogP contribution in [0.3, 0.4) is 0 Å². The lowest BCUT2D eigenvalue weighted by Crippen LogP contribution is -2.62. The van der Waals surface area contributed by atoms with E-state index in [4.69, 9.17) is 19.2 Å². The first-order valence-corrected chi connectivity index (χ1v) is 7.77. The molecule has 1 spiro atoms. The highest BCUT2D eigenvalue weighted by molar-refractivity contribution is 5.14. The van der Waals surface area contributed by atoms with Gasteiger partial charge in [0, 0.05) is 12.3 Å². The van der Waals surface area contributed by atoms with E-state index >= 15 is 0 Å². The first kappa shape index (κ1) is 13.5. The van der Waals surface area contributed by atoms with Crippen LogP contribution in [0, 0.1) is 17.8 Å². The summed E-state index contributed by atoms with van der Waals surface area (Å²) in [6.45, 7) is 6.15. The van der Waals surface area contributed by atoms with Gasteiger partial charge in [-0.15, -0.1) is 0 Å². The maximum atomic E-state index is 9.83. The van der Waals surface area contributed by atoms with E-state index in [2.05, 4.69) is 6.92 Å². The van der Waals surface area contributed by atoms with Crippen LogP contribution in [0.5, 0.6) is 0 Å². The van der Waals surface area contributed by atoms with Crippen molar-refractivity contribution in [1.29, 1.82) is 0 Å². The number of hydrogen-bond donors (Lipinski definition) is 1. The van der Waals surface area contributed by atoms with Crippen LogP contribution in [-0.4, -0.2) is 35.0 Å². The van der Waals surface area contributed by atoms with Gasteiger partial charge in [0.1, 0.15) is 0 Å². The third-order valence-corrected chi connectivity index (χ3v) is 6.15. The van der Waals surface area contributed by atoms with Crippen molar-refractivity contribution in [3.8, 4) is 0 Å². The van der Waals surface area contributed by atoms with Crippen LogP contribution < -0.4 is 0 Å². The van der Waals surface area contributed by atoms with Gasteiger partial charge >= 0.3 is 0 Å². The topological polar surface area (TPSA) is 57.2 Å². The summed E-state index contributed by atoms with van der Waals surface area (Å²) >= 11 is 0. The lowest BCUT2D eigenvalue weighted by molar-refractivity contribution is -0.541. The van der Waals surface area contributed by atoms with Crippen molar-refractivity contribution in [2.24, 2.45) is 17.8 Å². The van der Waals surface area contributed by atoms with E-state index in [1.165, 1.54) is 0 Å². The van der Waals surface area contributed by atoms with Crippen LogP contribution in [0.15, 0.2) is 0 Å². The van der Waals surface area contributed by atoms with E-state index in [-0.39, 0.29) is 12.5 Å². The number of fused-ring (bicyclic) bond motifs is 2. The first-order valence-electron chi connectivity index (χ1n) is 7.77. The predicted molar refractivity (Wildman–Crippen MR) is 69.4 cm³/mol. The Kier molecular flexibility index (Phi) is 2.66. The van der Waals surface area contributed by atoms with E-state index in [1.54, 1.807) is 0 Å². The SMILES string of the molecule is C[C@@H]1CCC2[C@]34OO[C@@](C)(CCC13)O[C@H]4O[C@]2(C)CO. The van der Waals surface area contributed by atoms with Gasteiger partial charge in [-0.05, 0) is 44.9 Å². The molecule has 2 unspecified atom stereocenters. The molecular weight excluding hydrogens is 260 g/mol. The Labute approximate surface area is 119 Å². The summed E-state index contributed by atoms with van der Waals surface area (Å²) in [4.78, 5) is 11.6. The maximum Gasteiger partial charge on any atom is 0.201 e. The minimum absolute atomic E-state index is 0.0134. The summed E-state index contributed by atoms with van der Waals surface area (Å²) in [5.41, 5.74) is -1.15. The lowest BCUT2D eigenvalue weighted by Gasteiger charge is -2.50. The third-order valence-electron chi connectivity index (χ3n) is 6.15. The van der Waals surface area contributed by atoms with Gasteiger partial charge in [0.2, 0.25) is 5.79 Å². The van der Waals surface area contributed by atoms with Gasteiger partial charge in [0.25, 0.3) is 0 Å². The Balaban J connectivity index is 1.84. The highest BCUT2D eigenvalue weighted by Crippen LogP contribution is 2.63. The fraction of sp³-hybridized carbons (Fsp3) is 1.00. The quantitative estimate of drug-likeness (QED) is 0.746. The van der Waals surface area contributed by atoms with Crippen LogP contribution in [-0.2, 0) is 19.2 Å². The average molecular weight is 284 g/mol. The zero-order valence-electron chi connectivity index (χ0n) is 12.4. The van der Waals surface area contributed by atoms with Gasteiger partial charge in [-0.25, -0.2) is 9.78 Å². The van der Waals surface area contributed by atoms with E-state index in [9.17, 15) is 5.11 Å². The second-order valence-electron chi connectivity index (χ2n) is 7.44. The molecule has 1 N–H and O–H groups in total. The Hall–Kier alpha value is -0.200. The van der Waals surface area contributed by atoms with E-state index in [0.717, 1.165) is 25.7 Å². The largest absolute Gasteiger partial charge is 0.393 e. The minimum Gasteiger partial charge on any atom is -0.393 e. The molecule has 0 aromatic rings. The smallest absolute Gasteiger partial charge is 0.201 e. The number of hydrogen-bond acceptors (Lipinski definition) is 5. The molecule has 5 nitrogen and oxygen atoms in total. The third kappa shape index (κ3) is 1.45. The zero-order valence-corrected chi connectivity index (χ0v) is 12.4. The van der Waals surface area contributed by atoms with Crippen molar-refractivity contribution in [2.45, 2.75) is 69.7 Å². The molecule has 5 rings (SSSR count). The lowest BCUT2D eigenvalue weighted by atomic mass is 9.60. The summed E-state index contributed by atoms with van der Waals surface area (Å²) in [6, 6.07) is 0. The second-order valence-corrected chi connectivity index (χ2v) is 7.44. The predicted octanol–water partition coefficient (Wildman–Crippen LogP) is 1.98. The molecule has 1 aliphatic carbocycles. The molecular formula is C15H24O5. The molecule has 0 radical (unpaired) electrons. The molecule has 4 aliphatic heterocycles. The standard InChI is InChI=1S/C15H24O5/c1-9-4-5-11-13(2,8-16)17-12-15(11)10(9)6-7-14(3,18-12)19-20-15/h9-12,16H,4-8H2,1-3H3/t9-,10?,11?,12-,13-,14+,15-/m1/s1. The fourth-order valence-electron chi connectivity index (χ4n) is 4.96. The second kappa shape index (κ2) is 3.96. The summed E-state index contributed by atoms with van der Waals surface area (Å²) in [5.74, 6) is 0.321. The molecule has 7 atom stereocenters. The number of aliphatic hydroxyl groups is 1. The van der Waals surface area contributed by atoms with Crippen LogP contribution >= 0.6 is 0 Å². The number of aliphatic hydroxyl groups excluding tert-OH is 1. The fourth-order valence-corrected chi connectivity index (χ4v) is 4.96. The van der Waals surface area contributed by atoms with Crippen molar-refractivity contribution >= 4 is 0 Å². The number of ether oxygens (including phenoxy) is 2. The average Bonchev–Trinajstić information content (AvgIpc) is 2.51. The van der Waals surface area contributed by atoms with Crippen molar-refractivity contribution in [3.63, 3.8) is 0 Å². The molecule has 4 saturated heterocycles. The van der Waals surface area contributed by atoms with Crippen molar-refractivity contribution in [1.82, 2.24) is 0 Å². The summed E-state index contributed by atoms with van der Waals surface area (Å²) in [7, 11) is 0. The Morgan fingerprint density at radius 3 is 2.65 bits per heavy atom. The molecule has 20 heavy (non-hydrogen) atoms. The highest BCUT2D eigenvalue weighted by atomic mass is 17.3. The molecule has 5 aliphatic rings. The number of rotatable bonds is 1. The van der Waals surface area contributed by atoms with Crippen molar-refractivity contribution < 1.29 is 24.4 Å². The summed E-state index contributed by atoms with van der Waals surface area (Å²) in [5, 5.41) is 9.83. The molecule has 4 heterocycles. The maximum absolute atomic E-state index is 9.83. The molecule has 0 aromatic heterocycles. The van der Waals surface area contributed by atoms with Crippen LogP contribution in [0.2, 0.25) is 0 Å². The first-order chi connectivity index (χ1) is 9.44. The molecule has 114 valence electrons. The Morgan fingerprint density at radius 1 is 1.10 bits per heavy atom. The molecule has 1 saturated carbocycles. The monoisotopic (exact) mass is 284 g/mol. The zero-order chi connectivity index (χ0) is 14.2. The van der Waals surface area contributed by atoms with Crippen molar-refractivity contribution in [2.75, 3.05) is 6.61 Å².